The predicted octanol–water partition coefficient (Wildman–Crippen LogP) is -0.592. The quantitative estimate of drug-likeness (QED) is 0.103. The van der Waals surface area contributed by atoms with Crippen LogP contribution in [0.2, 0.25) is 0 Å². The van der Waals surface area contributed by atoms with Crippen LogP contribution in [-0.4, -0.2) is 84.3 Å². The number of amides is 4. The molecule has 3 rings (SSSR count). The highest BCUT2D eigenvalue weighted by atomic mass is 32.2. The third-order valence-electron chi connectivity index (χ3n) is 6.90. The first-order valence-electron chi connectivity index (χ1n) is 13.9. The molecule has 17 heteroatoms. The van der Waals surface area contributed by atoms with Gasteiger partial charge in [0.25, 0.3) is 0 Å². The third-order valence-corrected chi connectivity index (χ3v) is 7.87. The molecular weight excluding hydrogens is 630 g/mol. The monoisotopic (exact) mass is 664 g/mol. The Bertz CT molecular complexity index is 1710. The number of hydrogen-bond donors (Lipinski definition) is 7. The van der Waals surface area contributed by atoms with Gasteiger partial charge in [-0.2, -0.15) is 0 Å². The molecule has 0 saturated heterocycles. The van der Waals surface area contributed by atoms with Gasteiger partial charge in [0.15, 0.2) is 0 Å². The average Bonchev–Trinajstić information content (AvgIpc) is 3.35. The number of fused-ring (bicyclic) bond motifs is 1. The molecule has 3 aromatic rings. The van der Waals surface area contributed by atoms with E-state index in [2.05, 4.69) is 20.9 Å². The highest BCUT2D eigenvalue weighted by Gasteiger charge is 2.32. The molecule has 0 fully saturated rings. The number of H-pyrrole nitrogens is 1. The molecule has 0 bridgehead atoms. The maximum Gasteiger partial charge on any atom is 0.305 e. The number of nitrogens with one attached hydrogen (secondary N) is 4. The van der Waals surface area contributed by atoms with Crippen molar-refractivity contribution in [2.45, 2.75) is 49.9 Å². The second kappa shape index (κ2) is 15.4. The minimum absolute atomic E-state index is 0.0457. The van der Waals surface area contributed by atoms with E-state index in [1.807, 2.05) is 18.2 Å². The van der Waals surface area contributed by atoms with Gasteiger partial charge in [-0.25, -0.2) is 17.2 Å². The number of aliphatic carboxylic acids is 1. The van der Waals surface area contributed by atoms with Crippen molar-refractivity contribution in [3.63, 3.8) is 0 Å². The van der Waals surface area contributed by atoms with Gasteiger partial charge >= 0.3 is 5.97 Å². The molecule has 9 N–H and O–H groups in total. The van der Waals surface area contributed by atoms with E-state index >= 15 is 0 Å². The number of para-hydroxylation sites is 1. The van der Waals surface area contributed by atoms with Crippen LogP contribution in [0.5, 0.6) is 0 Å². The van der Waals surface area contributed by atoms with Gasteiger partial charge < -0.3 is 37.5 Å². The number of primary amides is 1. The lowest BCUT2D eigenvalue weighted by Gasteiger charge is -2.25. The van der Waals surface area contributed by atoms with Crippen LogP contribution < -0.4 is 27.4 Å². The molecule has 0 aliphatic rings. The second-order valence-electron chi connectivity index (χ2n) is 10.8. The normalized spacial score (nSPS) is 14.1. The summed E-state index contributed by atoms with van der Waals surface area (Å²) in [6, 6.07) is 3.50. The van der Waals surface area contributed by atoms with Crippen molar-refractivity contribution >= 4 is 50.3 Å². The number of hydrogen-bond acceptors (Lipinski definition) is 8. The molecule has 0 aliphatic heterocycles. The zero-order chi connectivity index (χ0) is 34.2. The van der Waals surface area contributed by atoms with Crippen LogP contribution in [0, 0.1) is 11.6 Å². The molecule has 1 aromatic heterocycles. The summed E-state index contributed by atoms with van der Waals surface area (Å²) < 4.78 is 51.0. The molecule has 248 valence electrons. The Balaban J connectivity index is 1.76. The van der Waals surface area contributed by atoms with Crippen LogP contribution in [0.4, 0.5) is 8.78 Å². The maximum atomic E-state index is 13.6. The van der Waals surface area contributed by atoms with Gasteiger partial charge in [0, 0.05) is 35.8 Å². The van der Waals surface area contributed by atoms with E-state index < -0.39 is 100 Å². The Hall–Kier alpha value is -4.90. The van der Waals surface area contributed by atoms with E-state index in [0.29, 0.717) is 11.6 Å². The Morgan fingerprint density at radius 1 is 0.891 bits per heavy atom. The largest absolute Gasteiger partial charge is 0.481 e. The van der Waals surface area contributed by atoms with Crippen molar-refractivity contribution in [1.29, 1.82) is 0 Å². The summed E-state index contributed by atoms with van der Waals surface area (Å²) >= 11 is 0. The summed E-state index contributed by atoms with van der Waals surface area (Å²) in [7, 11) is -3.64. The Morgan fingerprint density at radius 2 is 1.48 bits per heavy atom. The summed E-state index contributed by atoms with van der Waals surface area (Å²) in [5.74, 6) is -8.27. The minimum atomic E-state index is -3.64. The summed E-state index contributed by atoms with van der Waals surface area (Å²) in [6.45, 7) is 0. The summed E-state index contributed by atoms with van der Waals surface area (Å²) in [5.41, 5.74) is 12.9. The Morgan fingerprint density at radius 3 is 2.09 bits per heavy atom. The first-order chi connectivity index (χ1) is 21.5. The molecule has 2 aromatic carbocycles. The van der Waals surface area contributed by atoms with Crippen molar-refractivity contribution < 1.29 is 46.3 Å². The lowest BCUT2D eigenvalue weighted by molar-refractivity contribution is -0.141. The molecule has 0 radical (unpaired) electrons. The number of carboxylic acids is 1. The van der Waals surface area contributed by atoms with Crippen LogP contribution in [0.3, 0.4) is 0 Å². The molecule has 0 saturated carbocycles. The van der Waals surface area contributed by atoms with Gasteiger partial charge in [0.05, 0.1) is 18.2 Å². The zero-order valence-electron chi connectivity index (χ0n) is 24.6. The van der Waals surface area contributed by atoms with Gasteiger partial charge in [-0.15, -0.1) is 0 Å². The Labute approximate surface area is 262 Å². The van der Waals surface area contributed by atoms with E-state index in [-0.39, 0.29) is 12.0 Å². The van der Waals surface area contributed by atoms with Gasteiger partial charge in [-0.05, 0) is 42.2 Å². The molecule has 0 spiro atoms. The molecule has 0 unspecified atom stereocenters. The summed E-state index contributed by atoms with van der Waals surface area (Å²) in [4.78, 5) is 66.0. The van der Waals surface area contributed by atoms with Crippen molar-refractivity contribution in [2.75, 3.05) is 12.0 Å². The Kier molecular flexibility index (Phi) is 11.9. The van der Waals surface area contributed by atoms with E-state index in [1.54, 1.807) is 12.3 Å². The fourth-order valence-corrected chi connectivity index (χ4v) is 5.29. The minimum Gasteiger partial charge on any atom is -0.481 e. The number of halogens is 2. The number of aromatic nitrogens is 1. The van der Waals surface area contributed by atoms with Crippen LogP contribution in [-0.2, 0) is 46.7 Å². The van der Waals surface area contributed by atoms with Gasteiger partial charge in [0.2, 0.25) is 23.6 Å². The average molecular weight is 665 g/mol. The fourth-order valence-electron chi connectivity index (χ4n) is 4.63. The maximum absolute atomic E-state index is 13.6. The van der Waals surface area contributed by atoms with Crippen molar-refractivity contribution in [2.24, 2.45) is 11.5 Å². The molecular formula is C29H34F2N6O8S. The summed E-state index contributed by atoms with van der Waals surface area (Å²) in [6.07, 6.45) is 0.707. The topological polar surface area (TPSA) is 244 Å². The number of carbonyl (C=O) groups is 5. The lowest BCUT2D eigenvalue weighted by Crippen LogP contribution is -2.58. The van der Waals surface area contributed by atoms with E-state index in [4.69, 9.17) is 11.5 Å². The SMILES string of the molecule is CS(=O)(=O)CC[C@H](NC(=O)[C@H](N)Cc1c[nH]c2ccccc12)C(=O)N[C@@H](CC(=O)O)C(=O)N[C@@H](Cc1cc(F)cc(F)c1)C(N)=O. The van der Waals surface area contributed by atoms with Gasteiger partial charge in [-0.1, -0.05) is 18.2 Å². The van der Waals surface area contributed by atoms with Crippen LogP contribution >= 0.6 is 0 Å². The first kappa shape index (κ1) is 35.6. The molecule has 46 heavy (non-hydrogen) atoms. The van der Waals surface area contributed by atoms with E-state index in [1.165, 1.54) is 0 Å². The second-order valence-corrected chi connectivity index (χ2v) is 13.0. The van der Waals surface area contributed by atoms with E-state index in [0.717, 1.165) is 29.3 Å². The number of rotatable bonds is 16. The standard InChI is InChI=1S/C29H34F2N6O8S/c1-46(44,45)7-6-22(35-27(41)20(32)11-16-14-34-21-5-3-2-4-19(16)21)28(42)37-24(13-25(38)39)29(43)36-23(26(33)40)10-15-8-17(30)12-18(31)9-15/h2-5,8-9,12,14,20,22-24,34H,6-7,10-11,13,32H2,1H3,(H2,33,40)(H,35,41)(H,36,43)(H,37,42)(H,38,39)/t20-,22+,23+,24+/m1/s1. The summed E-state index contributed by atoms with van der Waals surface area (Å²) in [5, 5.41) is 16.9. The number of nitrogens with two attached hydrogens (primary N) is 2. The third kappa shape index (κ3) is 10.6. The van der Waals surface area contributed by atoms with Gasteiger partial charge in [0.1, 0.15) is 39.6 Å². The molecule has 0 aliphatic carbocycles. The van der Waals surface area contributed by atoms with Crippen molar-refractivity contribution in [3.8, 4) is 0 Å². The molecule has 14 nitrogen and oxygen atoms in total. The molecule has 1 heterocycles. The highest BCUT2D eigenvalue weighted by Crippen LogP contribution is 2.19. The van der Waals surface area contributed by atoms with Crippen LogP contribution in [0.15, 0.2) is 48.7 Å². The van der Waals surface area contributed by atoms with Gasteiger partial charge in [-0.3, -0.25) is 24.0 Å². The highest BCUT2D eigenvalue weighted by molar-refractivity contribution is 7.90. The lowest BCUT2D eigenvalue weighted by atomic mass is 10.0. The fraction of sp³-hybridized carbons (Fsp3) is 0.345. The van der Waals surface area contributed by atoms with Crippen molar-refractivity contribution in [1.82, 2.24) is 20.9 Å². The number of carboxylic acid groups (broad SMARTS) is 1. The van der Waals surface area contributed by atoms with Crippen LogP contribution in [0.25, 0.3) is 10.9 Å². The smallest absolute Gasteiger partial charge is 0.305 e. The molecule has 4 atom stereocenters. The predicted molar refractivity (Wildman–Crippen MR) is 162 cm³/mol. The number of aromatic amines is 1. The van der Waals surface area contributed by atoms with E-state index in [9.17, 15) is 46.3 Å². The molecule has 4 amide bonds. The first-order valence-corrected chi connectivity index (χ1v) is 15.9. The zero-order valence-corrected chi connectivity index (χ0v) is 25.4. The number of carbonyl (C=O) groups excluding carboxylic acids is 4. The van der Waals surface area contributed by atoms with Crippen LogP contribution in [0.1, 0.15) is 24.0 Å². The number of sulfone groups is 1. The number of benzene rings is 2. The van der Waals surface area contributed by atoms with Crippen molar-refractivity contribution in [3.05, 3.63) is 71.4 Å².